The molecule has 0 saturated heterocycles. The van der Waals surface area contributed by atoms with Crippen molar-refractivity contribution >= 4 is 28.4 Å². The minimum Gasteiger partial charge on any atom is -0.268 e. The molecule has 3 heterocycles. The monoisotopic (exact) mass is 373 g/mol. The Bertz CT molecular complexity index is 1300. The number of pyridine rings is 2. The van der Waals surface area contributed by atoms with E-state index in [4.69, 9.17) is 0 Å². The van der Waals surface area contributed by atoms with E-state index in [0.29, 0.717) is 11.2 Å². The standard InChI is InChI=1S/C20H15N5O3/c1-12-6-9-17-21-10-14(20(28)25(17)11-12)18(26)23-24-19(27)16-8-7-13-4-2-3-5-15(13)22-16/h2-11H,1H3,(H,23,26)(H,24,27). The molecule has 138 valence electrons. The van der Waals surface area contributed by atoms with Crippen LogP contribution in [0.3, 0.4) is 0 Å². The summed E-state index contributed by atoms with van der Waals surface area (Å²) in [6.07, 6.45) is 2.78. The highest BCUT2D eigenvalue weighted by atomic mass is 16.2. The van der Waals surface area contributed by atoms with E-state index in [2.05, 4.69) is 20.8 Å². The third-order valence-electron chi connectivity index (χ3n) is 4.22. The van der Waals surface area contributed by atoms with Crippen molar-refractivity contribution in [2.24, 2.45) is 0 Å². The van der Waals surface area contributed by atoms with Gasteiger partial charge in [-0.3, -0.25) is 29.6 Å². The maximum absolute atomic E-state index is 12.5. The maximum atomic E-state index is 12.5. The molecule has 0 saturated carbocycles. The summed E-state index contributed by atoms with van der Waals surface area (Å²) in [5.74, 6) is -1.36. The Balaban J connectivity index is 1.53. The zero-order chi connectivity index (χ0) is 19.7. The molecule has 4 aromatic rings. The molecule has 2 amide bonds. The SMILES string of the molecule is Cc1ccc2ncc(C(=O)NNC(=O)c3ccc4ccccc4n3)c(=O)n2c1. The van der Waals surface area contributed by atoms with E-state index < -0.39 is 17.4 Å². The highest BCUT2D eigenvalue weighted by Crippen LogP contribution is 2.11. The smallest absolute Gasteiger partial charge is 0.268 e. The minimum atomic E-state index is -0.762. The molecule has 2 N–H and O–H groups in total. The molecule has 28 heavy (non-hydrogen) atoms. The second kappa shape index (κ2) is 6.92. The van der Waals surface area contributed by atoms with E-state index in [1.807, 2.05) is 31.2 Å². The molecule has 0 radical (unpaired) electrons. The average Bonchev–Trinajstić information content (AvgIpc) is 2.72. The van der Waals surface area contributed by atoms with Gasteiger partial charge in [-0.05, 0) is 30.7 Å². The second-order valence-corrected chi connectivity index (χ2v) is 6.21. The molecule has 0 aliphatic rings. The van der Waals surface area contributed by atoms with Crippen molar-refractivity contribution in [1.29, 1.82) is 0 Å². The molecule has 0 aliphatic carbocycles. The topological polar surface area (TPSA) is 105 Å². The summed E-state index contributed by atoms with van der Waals surface area (Å²) in [7, 11) is 0. The lowest BCUT2D eigenvalue weighted by Crippen LogP contribution is -2.44. The van der Waals surface area contributed by atoms with Crippen molar-refractivity contribution in [3.05, 3.63) is 88.1 Å². The van der Waals surface area contributed by atoms with E-state index in [1.54, 1.807) is 30.5 Å². The zero-order valence-electron chi connectivity index (χ0n) is 14.8. The van der Waals surface area contributed by atoms with E-state index in [1.165, 1.54) is 10.6 Å². The Morgan fingerprint density at radius 1 is 0.964 bits per heavy atom. The molecule has 0 bridgehead atoms. The predicted molar refractivity (Wildman–Crippen MR) is 103 cm³/mol. The average molecular weight is 373 g/mol. The lowest BCUT2D eigenvalue weighted by atomic mass is 10.2. The lowest BCUT2D eigenvalue weighted by molar-refractivity contribution is 0.0843. The summed E-state index contributed by atoms with van der Waals surface area (Å²) >= 11 is 0. The molecule has 8 nitrogen and oxygen atoms in total. The fourth-order valence-corrected chi connectivity index (χ4v) is 2.78. The summed E-state index contributed by atoms with van der Waals surface area (Å²) in [6.45, 7) is 1.83. The number of fused-ring (bicyclic) bond motifs is 2. The largest absolute Gasteiger partial charge is 0.288 e. The molecule has 0 aliphatic heterocycles. The highest BCUT2D eigenvalue weighted by Gasteiger charge is 2.15. The fraction of sp³-hybridized carbons (Fsp3) is 0.0500. The summed E-state index contributed by atoms with van der Waals surface area (Å²) < 4.78 is 1.29. The lowest BCUT2D eigenvalue weighted by Gasteiger charge is -2.08. The number of carbonyl (C=O) groups is 2. The van der Waals surface area contributed by atoms with E-state index >= 15 is 0 Å². The summed E-state index contributed by atoms with van der Waals surface area (Å²) in [5.41, 5.74) is 5.88. The van der Waals surface area contributed by atoms with Gasteiger partial charge < -0.3 is 0 Å². The van der Waals surface area contributed by atoms with E-state index in [0.717, 1.165) is 10.9 Å². The molecule has 4 rings (SSSR count). The van der Waals surface area contributed by atoms with Crippen LogP contribution in [-0.2, 0) is 0 Å². The molecule has 1 aromatic carbocycles. The van der Waals surface area contributed by atoms with Crippen LogP contribution in [0.1, 0.15) is 26.4 Å². The number of aromatic nitrogens is 3. The number of nitrogens with one attached hydrogen (secondary N) is 2. The maximum Gasteiger partial charge on any atom is 0.288 e. The van der Waals surface area contributed by atoms with Crippen molar-refractivity contribution in [3.8, 4) is 0 Å². The quantitative estimate of drug-likeness (QED) is 0.520. The number of amides is 2. The third kappa shape index (κ3) is 3.18. The molecule has 3 aromatic heterocycles. The van der Waals surface area contributed by atoms with Crippen LogP contribution in [0.15, 0.2) is 65.7 Å². The van der Waals surface area contributed by atoms with Crippen molar-refractivity contribution in [1.82, 2.24) is 25.2 Å². The van der Waals surface area contributed by atoms with Gasteiger partial charge >= 0.3 is 0 Å². The van der Waals surface area contributed by atoms with Crippen LogP contribution in [0.5, 0.6) is 0 Å². The van der Waals surface area contributed by atoms with Crippen molar-refractivity contribution in [3.63, 3.8) is 0 Å². The predicted octanol–water partition coefficient (Wildman–Crippen LogP) is 1.63. The van der Waals surface area contributed by atoms with Crippen LogP contribution in [-0.4, -0.2) is 26.2 Å². The molecule has 8 heteroatoms. The normalized spacial score (nSPS) is 10.8. The molecular weight excluding hydrogens is 358 g/mol. The van der Waals surface area contributed by atoms with Gasteiger partial charge in [0, 0.05) is 17.8 Å². The molecular formula is C20H15N5O3. The van der Waals surface area contributed by atoms with Gasteiger partial charge in [-0.2, -0.15) is 0 Å². The Hall–Kier alpha value is -4.07. The van der Waals surface area contributed by atoms with Crippen LogP contribution in [0, 0.1) is 6.92 Å². The second-order valence-electron chi connectivity index (χ2n) is 6.21. The van der Waals surface area contributed by atoms with Gasteiger partial charge in [-0.25, -0.2) is 9.97 Å². The summed E-state index contributed by atoms with van der Waals surface area (Å²) in [5, 5.41) is 0.897. The van der Waals surface area contributed by atoms with Crippen LogP contribution in [0.2, 0.25) is 0 Å². The molecule has 0 spiro atoms. The fourth-order valence-electron chi connectivity index (χ4n) is 2.78. The first-order valence-corrected chi connectivity index (χ1v) is 8.47. The number of hydrogen-bond donors (Lipinski definition) is 2. The van der Waals surface area contributed by atoms with Gasteiger partial charge in [0.05, 0.1) is 5.52 Å². The van der Waals surface area contributed by atoms with E-state index in [9.17, 15) is 14.4 Å². The van der Waals surface area contributed by atoms with Crippen LogP contribution in [0.25, 0.3) is 16.6 Å². The number of benzene rings is 1. The van der Waals surface area contributed by atoms with Gasteiger partial charge in [0.2, 0.25) is 0 Å². The first kappa shape index (κ1) is 17.3. The first-order valence-electron chi connectivity index (χ1n) is 8.47. The number of rotatable bonds is 2. The highest BCUT2D eigenvalue weighted by molar-refractivity contribution is 5.99. The summed E-state index contributed by atoms with van der Waals surface area (Å²) in [6, 6.07) is 14.2. The first-order chi connectivity index (χ1) is 13.5. The minimum absolute atomic E-state index is 0.142. The van der Waals surface area contributed by atoms with Crippen LogP contribution in [0.4, 0.5) is 0 Å². The van der Waals surface area contributed by atoms with Gasteiger partial charge in [0.25, 0.3) is 17.4 Å². The van der Waals surface area contributed by atoms with Gasteiger partial charge in [-0.15, -0.1) is 0 Å². The van der Waals surface area contributed by atoms with Crippen molar-refractivity contribution in [2.75, 3.05) is 0 Å². The number of para-hydroxylation sites is 1. The van der Waals surface area contributed by atoms with Crippen molar-refractivity contribution in [2.45, 2.75) is 6.92 Å². The molecule has 0 atom stereocenters. The Morgan fingerprint density at radius 2 is 1.75 bits per heavy atom. The van der Waals surface area contributed by atoms with Crippen LogP contribution < -0.4 is 16.4 Å². The third-order valence-corrected chi connectivity index (χ3v) is 4.22. The zero-order valence-corrected chi connectivity index (χ0v) is 14.8. The summed E-state index contributed by atoms with van der Waals surface area (Å²) in [4.78, 5) is 45.5. The Labute approximate surface area is 158 Å². The molecule has 0 unspecified atom stereocenters. The Morgan fingerprint density at radius 3 is 2.61 bits per heavy atom. The number of hydrazine groups is 1. The van der Waals surface area contributed by atoms with Gasteiger partial charge in [0.1, 0.15) is 16.9 Å². The van der Waals surface area contributed by atoms with Gasteiger partial charge in [-0.1, -0.05) is 30.3 Å². The van der Waals surface area contributed by atoms with Crippen molar-refractivity contribution < 1.29 is 9.59 Å². The molecule has 0 fully saturated rings. The van der Waals surface area contributed by atoms with Gasteiger partial charge in [0.15, 0.2) is 0 Å². The van der Waals surface area contributed by atoms with Crippen LogP contribution >= 0.6 is 0 Å². The number of carbonyl (C=O) groups excluding carboxylic acids is 2. The number of hydrogen-bond acceptors (Lipinski definition) is 5. The number of nitrogens with zero attached hydrogens (tertiary/aromatic N) is 3. The Kier molecular flexibility index (Phi) is 4.29. The van der Waals surface area contributed by atoms with E-state index in [-0.39, 0.29) is 11.3 Å². The number of aryl methyl sites for hydroxylation is 1.